The predicted octanol–water partition coefficient (Wildman–Crippen LogP) is 3.11. The van der Waals surface area contributed by atoms with Gasteiger partial charge in [0, 0.05) is 16.6 Å². The van der Waals surface area contributed by atoms with E-state index in [1.807, 2.05) is 0 Å². The third-order valence-electron chi connectivity index (χ3n) is 3.03. The Morgan fingerprint density at radius 3 is 2.48 bits per heavy atom. The van der Waals surface area contributed by atoms with E-state index in [0.717, 1.165) is 5.56 Å². The minimum atomic E-state index is -0.613. The number of hydrogen-bond donors (Lipinski definition) is 2. The van der Waals surface area contributed by atoms with Crippen molar-refractivity contribution in [3.05, 3.63) is 69.4 Å². The molecule has 23 heavy (non-hydrogen) atoms. The number of halogens is 2. The Morgan fingerprint density at radius 2 is 1.87 bits per heavy atom. The topological polar surface area (TPSA) is 81.4 Å². The van der Waals surface area contributed by atoms with Crippen molar-refractivity contribution in [3.8, 4) is 0 Å². The van der Waals surface area contributed by atoms with Crippen LogP contribution in [0.3, 0.4) is 0 Å². The highest BCUT2D eigenvalue weighted by Gasteiger charge is 2.09. The number of benzene rings is 2. The summed E-state index contributed by atoms with van der Waals surface area (Å²) in [7, 11) is 0. The van der Waals surface area contributed by atoms with E-state index in [-0.39, 0.29) is 19.0 Å². The fourth-order valence-corrected chi connectivity index (χ4v) is 2.28. The Bertz CT molecular complexity index is 720. The van der Waals surface area contributed by atoms with E-state index >= 15 is 0 Å². The molecule has 0 radical (unpaired) electrons. The van der Waals surface area contributed by atoms with Gasteiger partial charge in [-0.1, -0.05) is 34.1 Å². The van der Waals surface area contributed by atoms with E-state index in [1.54, 1.807) is 30.3 Å². The smallest absolute Gasteiger partial charge is 0.338 e. The van der Waals surface area contributed by atoms with E-state index in [0.29, 0.717) is 15.6 Å². The number of carbonyl (C=O) groups is 2. The van der Waals surface area contributed by atoms with Crippen molar-refractivity contribution in [3.63, 3.8) is 0 Å². The molecule has 3 N–H and O–H groups in total. The second-order valence-electron chi connectivity index (χ2n) is 4.73. The highest BCUT2D eigenvalue weighted by atomic mass is 79.9. The number of rotatable bonds is 5. The largest absolute Gasteiger partial charge is 0.457 e. The maximum Gasteiger partial charge on any atom is 0.338 e. The van der Waals surface area contributed by atoms with E-state index in [4.69, 9.17) is 10.5 Å². The number of hydrogen-bond acceptors (Lipinski definition) is 3. The number of urea groups is 1. The van der Waals surface area contributed by atoms with Crippen molar-refractivity contribution in [2.45, 2.75) is 13.2 Å². The minimum absolute atomic E-state index is 0.0324. The molecule has 0 fully saturated rings. The first-order valence-electron chi connectivity index (χ1n) is 6.69. The van der Waals surface area contributed by atoms with Gasteiger partial charge in [-0.2, -0.15) is 0 Å². The SMILES string of the molecule is NC(=O)NCc1ccc(C(=O)OCc2ccc(F)cc2Br)cc1. The van der Waals surface area contributed by atoms with Gasteiger partial charge in [-0.25, -0.2) is 14.0 Å². The second kappa shape index (κ2) is 7.73. The lowest BCUT2D eigenvalue weighted by atomic mass is 10.1. The fraction of sp³-hybridized carbons (Fsp3) is 0.125. The van der Waals surface area contributed by atoms with Gasteiger partial charge in [0.15, 0.2) is 0 Å². The van der Waals surface area contributed by atoms with Gasteiger partial charge in [0.05, 0.1) is 5.56 Å². The number of primary amides is 1. The molecule has 0 aromatic heterocycles. The van der Waals surface area contributed by atoms with Crippen LogP contribution in [0.25, 0.3) is 0 Å². The van der Waals surface area contributed by atoms with Gasteiger partial charge < -0.3 is 15.8 Å². The summed E-state index contributed by atoms with van der Waals surface area (Å²) < 4.78 is 18.7. The first-order chi connectivity index (χ1) is 11.0. The number of carbonyl (C=O) groups excluding carboxylic acids is 2. The van der Waals surface area contributed by atoms with Gasteiger partial charge >= 0.3 is 12.0 Å². The summed E-state index contributed by atoms with van der Waals surface area (Å²) >= 11 is 3.22. The van der Waals surface area contributed by atoms with Gasteiger partial charge in [0.1, 0.15) is 12.4 Å². The predicted molar refractivity (Wildman–Crippen MR) is 86.1 cm³/mol. The highest BCUT2D eigenvalue weighted by Crippen LogP contribution is 2.19. The van der Waals surface area contributed by atoms with E-state index in [1.165, 1.54) is 12.1 Å². The Morgan fingerprint density at radius 1 is 1.17 bits per heavy atom. The van der Waals surface area contributed by atoms with Crippen LogP contribution in [0.15, 0.2) is 46.9 Å². The number of nitrogens with two attached hydrogens (primary N) is 1. The summed E-state index contributed by atoms with van der Waals surface area (Å²) in [6, 6.07) is 10.1. The Hall–Kier alpha value is -2.41. The molecular formula is C16H14BrFN2O3. The van der Waals surface area contributed by atoms with Crippen LogP contribution in [0, 0.1) is 5.82 Å². The number of amides is 2. The molecule has 0 unspecified atom stereocenters. The van der Waals surface area contributed by atoms with Crippen LogP contribution in [0.4, 0.5) is 9.18 Å². The maximum absolute atomic E-state index is 13.0. The van der Waals surface area contributed by atoms with Crippen molar-refractivity contribution >= 4 is 27.9 Å². The summed E-state index contributed by atoms with van der Waals surface area (Å²) in [5.74, 6) is -0.859. The molecule has 2 rings (SSSR count). The van der Waals surface area contributed by atoms with Crippen LogP contribution >= 0.6 is 15.9 Å². The van der Waals surface area contributed by atoms with Crippen LogP contribution in [0.2, 0.25) is 0 Å². The first-order valence-corrected chi connectivity index (χ1v) is 7.48. The summed E-state index contributed by atoms with van der Waals surface area (Å²) in [5, 5.41) is 2.45. The lowest BCUT2D eigenvalue weighted by Crippen LogP contribution is -2.28. The van der Waals surface area contributed by atoms with Crippen molar-refractivity contribution in [1.82, 2.24) is 5.32 Å². The first kappa shape index (κ1) is 17.0. The molecule has 0 aliphatic heterocycles. The second-order valence-corrected chi connectivity index (χ2v) is 5.58. The van der Waals surface area contributed by atoms with Gasteiger partial charge in [-0.05, 0) is 29.8 Å². The van der Waals surface area contributed by atoms with E-state index in [9.17, 15) is 14.0 Å². The molecule has 0 heterocycles. The summed E-state index contributed by atoms with van der Waals surface area (Å²) in [6.07, 6.45) is 0. The number of ether oxygens (including phenoxy) is 1. The molecule has 2 aromatic carbocycles. The molecule has 0 bridgehead atoms. The zero-order chi connectivity index (χ0) is 16.8. The molecule has 0 aliphatic rings. The summed E-state index contributed by atoms with van der Waals surface area (Å²) in [5.41, 5.74) is 6.84. The van der Waals surface area contributed by atoms with Gasteiger partial charge in [-0.15, -0.1) is 0 Å². The molecular weight excluding hydrogens is 367 g/mol. The Balaban J connectivity index is 1.94. The third kappa shape index (κ3) is 5.07. The van der Waals surface area contributed by atoms with Crippen LogP contribution in [0.5, 0.6) is 0 Å². The van der Waals surface area contributed by atoms with Crippen LogP contribution in [-0.4, -0.2) is 12.0 Å². The number of esters is 1. The molecule has 7 heteroatoms. The number of nitrogens with one attached hydrogen (secondary N) is 1. The molecule has 0 saturated carbocycles. The van der Waals surface area contributed by atoms with Crippen LogP contribution in [-0.2, 0) is 17.9 Å². The van der Waals surface area contributed by atoms with Crippen molar-refractivity contribution < 1.29 is 18.7 Å². The lowest BCUT2D eigenvalue weighted by molar-refractivity contribution is 0.0472. The lowest BCUT2D eigenvalue weighted by Gasteiger charge is -2.08. The Labute approximate surface area is 140 Å². The zero-order valence-electron chi connectivity index (χ0n) is 12.0. The van der Waals surface area contributed by atoms with E-state index in [2.05, 4.69) is 21.2 Å². The normalized spacial score (nSPS) is 10.2. The van der Waals surface area contributed by atoms with Gasteiger partial charge in [-0.3, -0.25) is 0 Å². The van der Waals surface area contributed by atoms with Crippen LogP contribution in [0.1, 0.15) is 21.5 Å². The highest BCUT2D eigenvalue weighted by molar-refractivity contribution is 9.10. The third-order valence-corrected chi connectivity index (χ3v) is 3.77. The van der Waals surface area contributed by atoms with Crippen molar-refractivity contribution in [2.24, 2.45) is 5.73 Å². The fourth-order valence-electron chi connectivity index (χ4n) is 1.81. The molecule has 5 nitrogen and oxygen atoms in total. The molecule has 0 atom stereocenters. The quantitative estimate of drug-likeness (QED) is 0.781. The molecule has 0 spiro atoms. The van der Waals surface area contributed by atoms with E-state index < -0.39 is 12.0 Å². The monoisotopic (exact) mass is 380 g/mol. The Kier molecular flexibility index (Phi) is 5.70. The average molecular weight is 381 g/mol. The zero-order valence-corrected chi connectivity index (χ0v) is 13.6. The summed E-state index contributed by atoms with van der Waals surface area (Å²) in [4.78, 5) is 22.6. The molecule has 2 amide bonds. The van der Waals surface area contributed by atoms with Crippen molar-refractivity contribution in [2.75, 3.05) is 0 Å². The van der Waals surface area contributed by atoms with Gasteiger partial charge in [0.25, 0.3) is 0 Å². The minimum Gasteiger partial charge on any atom is -0.457 e. The summed E-state index contributed by atoms with van der Waals surface area (Å²) in [6.45, 7) is 0.317. The van der Waals surface area contributed by atoms with Crippen molar-refractivity contribution in [1.29, 1.82) is 0 Å². The molecule has 120 valence electrons. The van der Waals surface area contributed by atoms with Gasteiger partial charge in [0.2, 0.25) is 0 Å². The molecule has 0 aliphatic carbocycles. The maximum atomic E-state index is 13.0. The standard InChI is InChI=1S/C16H14BrFN2O3/c17-14-7-13(18)6-5-12(14)9-23-15(21)11-3-1-10(2-4-11)8-20-16(19)22/h1-7H,8-9H2,(H3,19,20,22). The molecule has 2 aromatic rings. The molecule has 0 saturated heterocycles. The average Bonchev–Trinajstić information content (AvgIpc) is 2.52. The van der Waals surface area contributed by atoms with Crippen LogP contribution < -0.4 is 11.1 Å².